The predicted molar refractivity (Wildman–Crippen MR) is 115 cm³/mol. The van der Waals surface area contributed by atoms with Crippen molar-refractivity contribution in [2.75, 3.05) is 11.3 Å². The molecule has 0 fully saturated rings. The molecule has 32 heavy (non-hydrogen) atoms. The van der Waals surface area contributed by atoms with E-state index in [1.165, 1.54) is 29.0 Å². The lowest BCUT2D eigenvalue weighted by molar-refractivity contribution is -0.0429. The first-order valence-corrected chi connectivity index (χ1v) is 11.3. The molecule has 0 aliphatic carbocycles. The topological polar surface area (TPSA) is 66.5 Å². The van der Waals surface area contributed by atoms with Crippen molar-refractivity contribution < 1.29 is 26.4 Å². The van der Waals surface area contributed by atoms with E-state index in [9.17, 15) is 26.4 Å². The lowest BCUT2D eigenvalue weighted by Gasteiger charge is -2.29. The van der Waals surface area contributed by atoms with Gasteiger partial charge in [-0.05, 0) is 46.9 Å². The number of anilines is 1. The van der Waals surface area contributed by atoms with Crippen LogP contribution in [0.25, 0.3) is 11.1 Å². The molecule has 0 saturated carbocycles. The zero-order chi connectivity index (χ0) is 22.9. The van der Waals surface area contributed by atoms with Gasteiger partial charge in [-0.15, -0.1) is 0 Å². The van der Waals surface area contributed by atoms with E-state index in [4.69, 9.17) is 0 Å². The molecule has 1 amide bonds. The first-order valence-electron chi connectivity index (χ1n) is 9.80. The van der Waals surface area contributed by atoms with Crippen LogP contribution < -0.4 is 4.72 Å². The minimum atomic E-state index is -5.47. The number of benzene rings is 3. The molecule has 4 rings (SSSR count). The maximum absolute atomic E-state index is 13.1. The van der Waals surface area contributed by atoms with Crippen molar-refractivity contribution in [2.24, 2.45) is 0 Å². The third-order valence-corrected chi connectivity index (χ3v) is 6.38. The molecule has 3 aromatic carbocycles. The molecule has 9 heteroatoms. The van der Waals surface area contributed by atoms with Gasteiger partial charge in [-0.2, -0.15) is 21.6 Å². The second-order valence-corrected chi connectivity index (χ2v) is 9.14. The van der Waals surface area contributed by atoms with Gasteiger partial charge in [0.05, 0.1) is 0 Å². The molecular formula is C23H19F3N2O3S. The van der Waals surface area contributed by atoms with Gasteiger partial charge in [0, 0.05) is 24.3 Å². The van der Waals surface area contributed by atoms with Gasteiger partial charge in [-0.1, -0.05) is 54.6 Å². The van der Waals surface area contributed by atoms with Crippen molar-refractivity contribution in [1.29, 1.82) is 0 Å². The minimum Gasteiger partial charge on any atom is -0.334 e. The minimum absolute atomic E-state index is 0.120. The van der Waals surface area contributed by atoms with Gasteiger partial charge < -0.3 is 4.90 Å². The predicted octanol–water partition coefficient (Wildman–Crippen LogP) is 4.81. The number of carbonyl (C=O) groups is 1. The average molecular weight is 460 g/mol. The molecule has 1 N–H and O–H groups in total. The van der Waals surface area contributed by atoms with E-state index in [0.717, 1.165) is 16.7 Å². The van der Waals surface area contributed by atoms with Crippen molar-refractivity contribution in [3.63, 3.8) is 0 Å². The van der Waals surface area contributed by atoms with Crippen LogP contribution in [-0.2, 0) is 23.0 Å². The highest BCUT2D eigenvalue weighted by Gasteiger charge is 2.46. The molecule has 0 radical (unpaired) electrons. The summed E-state index contributed by atoms with van der Waals surface area (Å²) in [5.74, 6) is -0.120. The molecule has 0 saturated heterocycles. The SMILES string of the molecule is O=C1c2cc(-c3ccccc3)ccc2CCN1Cc1ccc(NS(=O)(=O)C(F)(F)F)cc1. The van der Waals surface area contributed by atoms with Crippen LogP contribution >= 0.6 is 0 Å². The summed E-state index contributed by atoms with van der Waals surface area (Å²) in [7, 11) is -5.47. The maximum atomic E-state index is 13.1. The normalized spacial score (nSPS) is 14.2. The Labute approximate surface area is 183 Å². The molecule has 0 atom stereocenters. The van der Waals surface area contributed by atoms with Crippen LogP contribution in [0.3, 0.4) is 0 Å². The second kappa shape index (κ2) is 8.31. The van der Waals surface area contributed by atoms with Gasteiger partial charge in [0.15, 0.2) is 0 Å². The van der Waals surface area contributed by atoms with Crippen molar-refractivity contribution in [3.05, 3.63) is 89.5 Å². The fraction of sp³-hybridized carbons (Fsp3) is 0.174. The lowest BCUT2D eigenvalue weighted by Crippen LogP contribution is -2.37. The number of nitrogens with zero attached hydrogens (tertiary/aromatic N) is 1. The molecule has 1 aliphatic rings. The Hall–Kier alpha value is -3.33. The zero-order valence-electron chi connectivity index (χ0n) is 16.8. The Bertz CT molecular complexity index is 1240. The third-order valence-electron chi connectivity index (χ3n) is 5.27. The number of fused-ring (bicyclic) bond motifs is 1. The van der Waals surface area contributed by atoms with Crippen LogP contribution in [0.2, 0.25) is 0 Å². The van der Waals surface area contributed by atoms with E-state index in [2.05, 4.69) is 0 Å². The standard InChI is InChI=1S/C23H19F3N2O3S/c24-23(25,26)32(30,31)27-20-10-6-16(7-11-20)15-28-13-12-18-8-9-19(14-21(18)22(28)29)17-4-2-1-3-5-17/h1-11,14,27H,12-13,15H2. The molecule has 5 nitrogen and oxygen atoms in total. The first kappa shape index (κ1) is 21.9. The van der Waals surface area contributed by atoms with Crippen LogP contribution in [0, 0.1) is 0 Å². The van der Waals surface area contributed by atoms with Crippen molar-refractivity contribution >= 4 is 21.6 Å². The van der Waals surface area contributed by atoms with Crippen LogP contribution in [-0.4, -0.2) is 31.3 Å². The summed E-state index contributed by atoms with van der Waals surface area (Å²) in [4.78, 5) is 14.8. The molecule has 3 aromatic rings. The van der Waals surface area contributed by atoms with Gasteiger partial charge in [-0.25, -0.2) is 0 Å². The van der Waals surface area contributed by atoms with Crippen molar-refractivity contribution in [1.82, 2.24) is 4.90 Å². The molecular weight excluding hydrogens is 441 g/mol. The van der Waals surface area contributed by atoms with E-state index in [-0.39, 0.29) is 18.1 Å². The van der Waals surface area contributed by atoms with Gasteiger partial charge in [0.2, 0.25) is 0 Å². The number of alkyl halides is 3. The number of nitrogens with one attached hydrogen (secondary N) is 1. The number of rotatable bonds is 5. The van der Waals surface area contributed by atoms with Crippen LogP contribution in [0.1, 0.15) is 21.5 Å². The molecule has 0 spiro atoms. The van der Waals surface area contributed by atoms with E-state index >= 15 is 0 Å². The molecule has 0 bridgehead atoms. The summed E-state index contributed by atoms with van der Waals surface area (Å²) in [5, 5.41) is 0. The maximum Gasteiger partial charge on any atom is 0.516 e. The molecule has 0 aromatic heterocycles. The Balaban J connectivity index is 1.49. The monoisotopic (exact) mass is 460 g/mol. The van der Waals surface area contributed by atoms with Crippen LogP contribution in [0.15, 0.2) is 72.8 Å². The summed E-state index contributed by atoms with van der Waals surface area (Å²) < 4.78 is 61.5. The summed E-state index contributed by atoms with van der Waals surface area (Å²) in [6.45, 7) is 0.777. The van der Waals surface area contributed by atoms with Gasteiger partial charge in [0.1, 0.15) is 0 Å². The van der Waals surface area contributed by atoms with Crippen molar-refractivity contribution in [3.8, 4) is 11.1 Å². The smallest absolute Gasteiger partial charge is 0.334 e. The second-order valence-electron chi connectivity index (χ2n) is 7.46. The summed E-state index contributed by atoms with van der Waals surface area (Å²) in [5.41, 5.74) is -1.35. The summed E-state index contributed by atoms with van der Waals surface area (Å²) in [6.07, 6.45) is 0.694. The Morgan fingerprint density at radius 1 is 0.906 bits per heavy atom. The van der Waals surface area contributed by atoms with Crippen LogP contribution in [0.5, 0.6) is 0 Å². The summed E-state index contributed by atoms with van der Waals surface area (Å²) >= 11 is 0. The highest BCUT2D eigenvalue weighted by molar-refractivity contribution is 7.93. The molecule has 1 aliphatic heterocycles. The zero-order valence-corrected chi connectivity index (χ0v) is 17.6. The largest absolute Gasteiger partial charge is 0.516 e. The third kappa shape index (κ3) is 4.47. The number of hydrogen-bond acceptors (Lipinski definition) is 3. The number of sulfonamides is 1. The Morgan fingerprint density at radius 2 is 1.59 bits per heavy atom. The van der Waals surface area contributed by atoms with E-state index in [1.54, 1.807) is 4.90 Å². The van der Waals surface area contributed by atoms with Crippen LogP contribution in [0.4, 0.5) is 18.9 Å². The highest BCUT2D eigenvalue weighted by atomic mass is 32.2. The molecule has 0 unspecified atom stereocenters. The fourth-order valence-corrected chi connectivity index (χ4v) is 4.16. The number of carbonyl (C=O) groups excluding carboxylic acids is 1. The van der Waals surface area contributed by atoms with E-state index in [1.807, 2.05) is 48.5 Å². The highest BCUT2D eigenvalue weighted by Crippen LogP contribution is 2.28. The number of halogens is 3. The summed E-state index contributed by atoms with van der Waals surface area (Å²) in [6, 6.07) is 21.1. The molecule has 166 valence electrons. The van der Waals surface area contributed by atoms with Gasteiger partial charge in [0.25, 0.3) is 5.91 Å². The Morgan fingerprint density at radius 3 is 2.25 bits per heavy atom. The number of amides is 1. The van der Waals surface area contributed by atoms with Crippen molar-refractivity contribution in [2.45, 2.75) is 18.5 Å². The van der Waals surface area contributed by atoms with Gasteiger partial charge in [-0.3, -0.25) is 9.52 Å². The Kier molecular flexibility index (Phi) is 5.68. The lowest BCUT2D eigenvalue weighted by atomic mass is 9.94. The molecule has 1 heterocycles. The van der Waals surface area contributed by atoms with E-state index < -0.39 is 15.5 Å². The fourth-order valence-electron chi connectivity index (χ4n) is 3.59. The van der Waals surface area contributed by atoms with E-state index in [0.29, 0.717) is 24.1 Å². The quantitative estimate of drug-likeness (QED) is 0.594. The average Bonchev–Trinajstić information content (AvgIpc) is 2.76. The van der Waals surface area contributed by atoms with Gasteiger partial charge >= 0.3 is 15.5 Å². The first-order chi connectivity index (χ1) is 15.1. The number of hydrogen-bond donors (Lipinski definition) is 1.